The first-order valence-electron chi connectivity index (χ1n) is 11.8. The van der Waals surface area contributed by atoms with Gasteiger partial charge < -0.3 is 15.5 Å². The van der Waals surface area contributed by atoms with Crippen LogP contribution < -0.4 is 15.5 Å². The molecule has 1 fully saturated rings. The molecule has 0 radical (unpaired) electrons. The highest BCUT2D eigenvalue weighted by molar-refractivity contribution is 6.00. The first kappa shape index (κ1) is 23.4. The smallest absolute Gasteiger partial charge is 0.320 e. The summed E-state index contributed by atoms with van der Waals surface area (Å²) < 4.78 is 0. The quantitative estimate of drug-likeness (QED) is 0.439. The molecule has 6 heteroatoms. The topological polar surface area (TPSA) is 64.7 Å². The van der Waals surface area contributed by atoms with Crippen LogP contribution in [0.3, 0.4) is 0 Å². The zero-order valence-corrected chi connectivity index (χ0v) is 20.0. The Morgan fingerprint density at radius 3 is 2.32 bits per heavy atom. The summed E-state index contributed by atoms with van der Waals surface area (Å²) in [4.78, 5) is 29.4. The lowest BCUT2D eigenvalue weighted by molar-refractivity contribution is 0.192. The second-order valence-electron chi connectivity index (χ2n) is 9.10. The fraction of sp³-hybridized carbons (Fsp3) is 0.286. The molecular weight excluding hydrogens is 424 g/mol. The summed E-state index contributed by atoms with van der Waals surface area (Å²) >= 11 is 0. The average Bonchev–Trinajstić information content (AvgIpc) is 2.82. The van der Waals surface area contributed by atoms with E-state index in [0.717, 1.165) is 35.5 Å². The van der Waals surface area contributed by atoms with Crippen molar-refractivity contribution >= 4 is 29.1 Å². The number of carbonyl (C=O) groups excluding carboxylic acids is 2. The first-order chi connectivity index (χ1) is 16.4. The van der Waals surface area contributed by atoms with Crippen molar-refractivity contribution in [2.75, 3.05) is 28.6 Å². The lowest BCUT2D eigenvalue weighted by atomic mass is 10.0. The summed E-state index contributed by atoms with van der Waals surface area (Å²) in [6, 6.07) is 23.2. The van der Waals surface area contributed by atoms with Crippen molar-refractivity contribution in [3.63, 3.8) is 0 Å². The summed E-state index contributed by atoms with van der Waals surface area (Å²) in [7, 11) is 0. The van der Waals surface area contributed by atoms with Gasteiger partial charge >= 0.3 is 12.1 Å². The summed E-state index contributed by atoms with van der Waals surface area (Å²) in [5, 5.41) is 5.69. The highest BCUT2D eigenvalue weighted by Gasteiger charge is 2.27. The number of hydrogen-bond donors (Lipinski definition) is 2. The largest absolute Gasteiger partial charge is 0.324 e. The van der Waals surface area contributed by atoms with Crippen molar-refractivity contribution in [2.24, 2.45) is 0 Å². The molecule has 0 aromatic heterocycles. The predicted molar refractivity (Wildman–Crippen MR) is 139 cm³/mol. The van der Waals surface area contributed by atoms with Gasteiger partial charge in [-0.2, -0.15) is 0 Å². The van der Waals surface area contributed by atoms with Gasteiger partial charge in [-0.25, -0.2) is 9.59 Å². The molecule has 4 amide bonds. The Labute approximate surface area is 201 Å². The molecule has 0 spiro atoms. The van der Waals surface area contributed by atoms with Gasteiger partial charge in [0.15, 0.2) is 0 Å². The normalized spacial score (nSPS) is 13.8. The predicted octanol–water partition coefficient (Wildman–Crippen LogP) is 6.59. The molecule has 176 valence electrons. The van der Waals surface area contributed by atoms with Gasteiger partial charge in [0, 0.05) is 36.7 Å². The molecule has 2 N–H and O–H groups in total. The van der Waals surface area contributed by atoms with Gasteiger partial charge in [0.25, 0.3) is 0 Å². The monoisotopic (exact) mass is 456 g/mol. The minimum absolute atomic E-state index is 0.0135. The molecule has 6 nitrogen and oxygen atoms in total. The second kappa shape index (κ2) is 10.4. The fourth-order valence-electron chi connectivity index (χ4n) is 4.08. The van der Waals surface area contributed by atoms with Crippen LogP contribution in [0.5, 0.6) is 0 Å². The Balaban J connectivity index is 1.41. The molecular formula is C28H32N4O2. The van der Waals surface area contributed by atoms with Crippen LogP contribution in [0.25, 0.3) is 0 Å². The Morgan fingerprint density at radius 2 is 1.62 bits per heavy atom. The summed E-state index contributed by atoms with van der Waals surface area (Å²) in [5.74, 6) is 0.487. The van der Waals surface area contributed by atoms with E-state index in [-0.39, 0.29) is 12.1 Å². The van der Waals surface area contributed by atoms with Crippen LogP contribution in [-0.4, -0.2) is 30.1 Å². The third-order valence-electron chi connectivity index (χ3n) is 6.06. The maximum absolute atomic E-state index is 13.3. The van der Waals surface area contributed by atoms with Crippen LogP contribution in [-0.2, 0) is 6.54 Å². The van der Waals surface area contributed by atoms with E-state index in [4.69, 9.17) is 0 Å². The van der Waals surface area contributed by atoms with Crippen molar-refractivity contribution in [1.82, 2.24) is 4.90 Å². The SMILES string of the molecule is Cc1ccc(NC(=O)Nc2cccc(N3CCCN(Cc4ccc(C(C)C)cc4)C3=O)c2)cc1. The van der Waals surface area contributed by atoms with Gasteiger partial charge in [-0.3, -0.25) is 4.90 Å². The number of anilines is 3. The average molecular weight is 457 g/mol. The van der Waals surface area contributed by atoms with Crippen LogP contribution in [0.4, 0.5) is 26.7 Å². The summed E-state index contributed by atoms with van der Waals surface area (Å²) in [6.45, 7) is 8.33. The van der Waals surface area contributed by atoms with Gasteiger partial charge in [0.05, 0.1) is 0 Å². The molecule has 0 unspecified atom stereocenters. The van der Waals surface area contributed by atoms with Gasteiger partial charge in [0.1, 0.15) is 0 Å². The maximum atomic E-state index is 13.3. The summed E-state index contributed by atoms with van der Waals surface area (Å²) in [5.41, 5.74) is 5.69. The number of amides is 4. The third-order valence-corrected chi connectivity index (χ3v) is 6.06. The minimum atomic E-state index is -0.322. The van der Waals surface area contributed by atoms with E-state index >= 15 is 0 Å². The van der Waals surface area contributed by atoms with Gasteiger partial charge in [-0.1, -0.05) is 61.9 Å². The van der Waals surface area contributed by atoms with E-state index in [1.54, 1.807) is 4.90 Å². The molecule has 1 heterocycles. The molecule has 1 saturated heterocycles. The van der Waals surface area contributed by atoms with Crippen LogP contribution >= 0.6 is 0 Å². The number of benzene rings is 3. The number of aryl methyl sites for hydroxylation is 1. The van der Waals surface area contributed by atoms with Crippen LogP contribution in [0.1, 0.15) is 42.9 Å². The van der Waals surface area contributed by atoms with Gasteiger partial charge in [-0.05, 0) is 60.7 Å². The highest BCUT2D eigenvalue weighted by Crippen LogP contribution is 2.25. The van der Waals surface area contributed by atoms with E-state index in [0.29, 0.717) is 24.7 Å². The van der Waals surface area contributed by atoms with E-state index < -0.39 is 0 Å². The van der Waals surface area contributed by atoms with Crippen molar-refractivity contribution in [2.45, 2.75) is 39.7 Å². The van der Waals surface area contributed by atoms with Gasteiger partial charge in [-0.15, -0.1) is 0 Å². The molecule has 1 aliphatic heterocycles. The third kappa shape index (κ3) is 5.76. The van der Waals surface area contributed by atoms with E-state index in [2.05, 4.69) is 48.7 Å². The zero-order valence-electron chi connectivity index (χ0n) is 20.0. The number of nitrogens with one attached hydrogen (secondary N) is 2. The second-order valence-corrected chi connectivity index (χ2v) is 9.10. The van der Waals surface area contributed by atoms with Crippen LogP contribution in [0, 0.1) is 6.92 Å². The van der Waals surface area contributed by atoms with Crippen molar-refractivity contribution in [1.29, 1.82) is 0 Å². The Kier molecular flexibility index (Phi) is 7.16. The molecule has 3 aromatic carbocycles. The molecule has 0 bridgehead atoms. The molecule has 3 aromatic rings. The Morgan fingerprint density at radius 1 is 0.912 bits per heavy atom. The van der Waals surface area contributed by atoms with Gasteiger partial charge in [0.2, 0.25) is 0 Å². The molecule has 0 saturated carbocycles. The molecule has 0 atom stereocenters. The lowest BCUT2D eigenvalue weighted by Gasteiger charge is -2.36. The van der Waals surface area contributed by atoms with Crippen molar-refractivity contribution in [3.8, 4) is 0 Å². The van der Waals surface area contributed by atoms with Crippen molar-refractivity contribution in [3.05, 3.63) is 89.5 Å². The zero-order chi connectivity index (χ0) is 24.1. The molecule has 0 aliphatic carbocycles. The standard InChI is InChI=1S/C28H32N4O2/c1-20(2)23-12-10-22(11-13-23)19-31-16-5-17-32(28(31)34)26-7-4-6-25(18-26)30-27(33)29-24-14-8-21(3)9-15-24/h4,6-15,18,20H,5,16-17,19H2,1-3H3,(H2,29,30,33). The number of urea groups is 2. The number of carbonyl (C=O) groups is 2. The summed E-state index contributed by atoms with van der Waals surface area (Å²) in [6.07, 6.45) is 0.890. The van der Waals surface area contributed by atoms with E-state index in [1.807, 2.05) is 60.4 Å². The molecule has 34 heavy (non-hydrogen) atoms. The minimum Gasteiger partial charge on any atom is -0.320 e. The molecule has 1 aliphatic rings. The number of hydrogen-bond acceptors (Lipinski definition) is 2. The molecule has 4 rings (SSSR count). The van der Waals surface area contributed by atoms with Crippen molar-refractivity contribution < 1.29 is 9.59 Å². The van der Waals surface area contributed by atoms with E-state index in [1.165, 1.54) is 5.56 Å². The maximum Gasteiger partial charge on any atom is 0.324 e. The Bertz CT molecular complexity index is 1140. The van der Waals surface area contributed by atoms with Crippen LogP contribution in [0.15, 0.2) is 72.8 Å². The Hall–Kier alpha value is -3.80. The number of rotatable bonds is 6. The van der Waals surface area contributed by atoms with E-state index in [9.17, 15) is 9.59 Å². The lowest BCUT2D eigenvalue weighted by Crippen LogP contribution is -2.49. The number of nitrogens with zero attached hydrogens (tertiary/aromatic N) is 2. The first-order valence-corrected chi connectivity index (χ1v) is 11.8. The fourth-order valence-corrected chi connectivity index (χ4v) is 4.08. The van der Waals surface area contributed by atoms with Crippen LogP contribution in [0.2, 0.25) is 0 Å². The highest BCUT2D eigenvalue weighted by atomic mass is 16.2.